The monoisotopic (exact) mass is 330 g/mol. The van der Waals surface area contributed by atoms with E-state index in [1.807, 2.05) is 48.5 Å². The average Bonchev–Trinajstić information content (AvgIpc) is 2.55. The topological polar surface area (TPSA) is 50.4 Å². The molecular formula is C18H19ClN2O2. The van der Waals surface area contributed by atoms with Crippen LogP contribution in [0.4, 0.5) is 4.79 Å². The normalized spacial score (nSPS) is 10.5. The summed E-state index contributed by atoms with van der Waals surface area (Å²) < 4.78 is 5.14. The van der Waals surface area contributed by atoms with E-state index in [-0.39, 0.29) is 6.03 Å². The lowest BCUT2D eigenvalue weighted by atomic mass is 10.1. The lowest BCUT2D eigenvalue weighted by Crippen LogP contribution is -2.33. The first-order valence-electron chi connectivity index (χ1n) is 7.27. The van der Waals surface area contributed by atoms with Crippen LogP contribution in [0.2, 0.25) is 5.02 Å². The van der Waals surface area contributed by atoms with Gasteiger partial charge in [-0.3, -0.25) is 0 Å². The fraction of sp³-hybridized carbons (Fsp3) is 0.167. The smallest absolute Gasteiger partial charge is 0.318 e. The van der Waals surface area contributed by atoms with E-state index in [0.717, 1.165) is 23.3 Å². The molecule has 0 aliphatic rings. The van der Waals surface area contributed by atoms with Gasteiger partial charge < -0.3 is 15.4 Å². The highest BCUT2D eigenvalue weighted by Crippen LogP contribution is 2.13. The molecule has 0 fully saturated rings. The third-order valence-electron chi connectivity index (χ3n) is 3.17. The van der Waals surface area contributed by atoms with Crippen molar-refractivity contribution in [2.75, 3.05) is 13.7 Å². The van der Waals surface area contributed by atoms with Gasteiger partial charge >= 0.3 is 6.03 Å². The van der Waals surface area contributed by atoms with Gasteiger partial charge in [-0.1, -0.05) is 35.9 Å². The maximum absolute atomic E-state index is 11.7. The van der Waals surface area contributed by atoms with Crippen molar-refractivity contribution in [3.05, 3.63) is 70.9 Å². The number of benzene rings is 2. The fourth-order valence-corrected chi connectivity index (χ4v) is 2.24. The van der Waals surface area contributed by atoms with E-state index in [0.29, 0.717) is 11.6 Å². The Hall–Kier alpha value is -2.46. The van der Waals surface area contributed by atoms with Crippen LogP contribution < -0.4 is 15.4 Å². The Balaban J connectivity index is 1.73. The van der Waals surface area contributed by atoms with Crippen LogP contribution in [0.5, 0.6) is 5.75 Å². The number of methoxy groups -OCH3 is 1. The zero-order valence-electron chi connectivity index (χ0n) is 12.9. The maximum Gasteiger partial charge on any atom is 0.318 e. The van der Waals surface area contributed by atoms with Gasteiger partial charge in [-0.2, -0.15) is 0 Å². The van der Waals surface area contributed by atoms with Crippen molar-refractivity contribution in [2.45, 2.75) is 6.42 Å². The van der Waals surface area contributed by atoms with Crippen LogP contribution in [0.25, 0.3) is 6.08 Å². The molecule has 120 valence electrons. The van der Waals surface area contributed by atoms with E-state index in [9.17, 15) is 4.79 Å². The van der Waals surface area contributed by atoms with E-state index in [1.165, 1.54) is 0 Å². The highest BCUT2D eigenvalue weighted by atomic mass is 35.5. The molecule has 2 aromatic carbocycles. The molecule has 2 N–H and O–H groups in total. The number of carbonyl (C=O) groups excluding carboxylic acids is 1. The first kappa shape index (κ1) is 16.9. The summed E-state index contributed by atoms with van der Waals surface area (Å²) >= 11 is 5.92. The Morgan fingerprint density at radius 3 is 2.83 bits per heavy atom. The molecule has 2 aromatic rings. The van der Waals surface area contributed by atoms with Crippen LogP contribution in [0, 0.1) is 0 Å². The third-order valence-corrected chi connectivity index (χ3v) is 3.41. The number of hydrogen-bond donors (Lipinski definition) is 2. The molecule has 23 heavy (non-hydrogen) atoms. The molecule has 5 heteroatoms. The molecule has 4 nitrogen and oxygen atoms in total. The summed E-state index contributed by atoms with van der Waals surface area (Å²) in [6.45, 7) is 0.541. The standard InChI is InChI=1S/C18H19ClN2O2/c1-23-17-7-3-5-15(13-17)9-11-21-18(22)20-10-8-14-4-2-6-16(19)12-14/h2-7,9,11-13H,8,10H2,1H3,(H2,20,21,22)/b11-9+. The van der Waals surface area contributed by atoms with Crippen molar-refractivity contribution in [1.29, 1.82) is 0 Å². The zero-order valence-corrected chi connectivity index (χ0v) is 13.6. The Morgan fingerprint density at radius 2 is 2.04 bits per heavy atom. The van der Waals surface area contributed by atoms with Crippen molar-refractivity contribution < 1.29 is 9.53 Å². The van der Waals surface area contributed by atoms with Crippen molar-refractivity contribution in [3.8, 4) is 5.75 Å². The number of ether oxygens (including phenoxy) is 1. The number of rotatable bonds is 6. The first-order valence-corrected chi connectivity index (χ1v) is 7.64. The van der Waals surface area contributed by atoms with Crippen LogP contribution in [0.1, 0.15) is 11.1 Å². The van der Waals surface area contributed by atoms with Crippen LogP contribution in [0.15, 0.2) is 54.7 Å². The summed E-state index contributed by atoms with van der Waals surface area (Å²) in [5, 5.41) is 6.16. The third kappa shape index (κ3) is 6.04. The molecule has 0 saturated carbocycles. The summed E-state index contributed by atoms with van der Waals surface area (Å²) in [4.78, 5) is 11.7. The second-order valence-electron chi connectivity index (χ2n) is 4.89. The van der Waals surface area contributed by atoms with E-state index in [2.05, 4.69) is 10.6 Å². The second kappa shape index (κ2) is 8.86. The Bertz CT molecular complexity index is 686. The predicted octanol–water partition coefficient (Wildman–Crippen LogP) is 3.86. The quantitative estimate of drug-likeness (QED) is 0.845. The number of nitrogens with one attached hydrogen (secondary N) is 2. The number of hydrogen-bond acceptors (Lipinski definition) is 2. The lowest BCUT2D eigenvalue weighted by molar-refractivity contribution is 0.244. The van der Waals surface area contributed by atoms with Crippen molar-refractivity contribution in [3.63, 3.8) is 0 Å². The molecule has 0 aliphatic carbocycles. The summed E-state index contributed by atoms with van der Waals surface area (Å²) in [6, 6.07) is 14.9. The van der Waals surface area contributed by atoms with Crippen LogP contribution >= 0.6 is 11.6 Å². The SMILES string of the molecule is COc1cccc(/C=C/NC(=O)NCCc2cccc(Cl)c2)c1. The van der Waals surface area contributed by atoms with Gasteiger partial charge in [0.2, 0.25) is 0 Å². The summed E-state index contributed by atoms with van der Waals surface area (Å²) in [6.07, 6.45) is 4.14. The van der Waals surface area contributed by atoms with Gasteiger partial charge in [-0.15, -0.1) is 0 Å². The van der Waals surface area contributed by atoms with E-state index in [1.54, 1.807) is 19.4 Å². The minimum absolute atomic E-state index is 0.244. The second-order valence-corrected chi connectivity index (χ2v) is 5.33. The summed E-state index contributed by atoms with van der Waals surface area (Å²) in [5.41, 5.74) is 2.04. The van der Waals surface area contributed by atoms with Crippen molar-refractivity contribution in [2.24, 2.45) is 0 Å². The number of amides is 2. The number of carbonyl (C=O) groups is 1. The molecule has 0 aliphatic heterocycles. The largest absolute Gasteiger partial charge is 0.497 e. The van der Waals surface area contributed by atoms with Gasteiger partial charge in [-0.25, -0.2) is 4.79 Å². The lowest BCUT2D eigenvalue weighted by Gasteiger charge is -2.05. The molecule has 0 heterocycles. The van der Waals surface area contributed by atoms with E-state index in [4.69, 9.17) is 16.3 Å². The molecule has 0 bridgehead atoms. The molecule has 0 saturated heterocycles. The number of urea groups is 1. The Morgan fingerprint density at radius 1 is 1.22 bits per heavy atom. The zero-order chi connectivity index (χ0) is 16.5. The van der Waals surface area contributed by atoms with Gasteiger partial charge in [0.05, 0.1) is 7.11 Å². The van der Waals surface area contributed by atoms with E-state index >= 15 is 0 Å². The van der Waals surface area contributed by atoms with Gasteiger partial charge in [0.1, 0.15) is 5.75 Å². The highest BCUT2D eigenvalue weighted by Gasteiger charge is 1.98. The number of halogens is 1. The van der Waals surface area contributed by atoms with Crippen molar-refractivity contribution >= 4 is 23.7 Å². The van der Waals surface area contributed by atoms with Crippen LogP contribution in [0.3, 0.4) is 0 Å². The molecule has 0 atom stereocenters. The minimum atomic E-state index is -0.244. The van der Waals surface area contributed by atoms with Gasteiger partial charge in [0.25, 0.3) is 0 Å². The molecule has 0 spiro atoms. The molecule has 2 rings (SSSR count). The van der Waals surface area contributed by atoms with Crippen molar-refractivity contribution in [1.82, 2.24) is 10.6 Å². The molecule has 2 amide bonds. The van der Waals surface area contributed by atoms with E-state index < -0.39 is 0 Å². The Kier molecular flexibility index (Phi) is 6.51. The molecular weight excluding hydrogens is 312 g/mol. The van der Waals surface area contributed by atoms with Crippen LogP contribution in [-0.2, 0) is 6.42 Å². The highest BCUT2D eigenvalue weighted by molar-refractivity contribution is 6.30. The minimum Gasteiger partial charge on any atom is -0.497 e. The molecule has 0 unspecified atom stereocenters. The first-order chi connectivity index (χ1) is 11.2. The maximum atomic E-state index is 11.7. The molecule has 0 aromatic heterocycles. The summed E-state index contributed by atoms with van der Waals surface area (Å²) in [5.74, 6) is 0.776. The van der Waals surface area contributed by atoms with Gasteiger partial charge in [-0.05, 0) is 47.9 Å². The summed E-state index contributed by atoms with van der Waals surface area (Å²) in [7, 11) is 1.62. The predicted molar refractivity (Wildman–Crippen MR) is 93.7 cm³/mol. The van der Waals surface area contributed by atoms with Gasteiger partial charge in [0, 0.05) is 17.8 Å². The molecule has 0 radical (unpaired) electrons. The average molecular weight is 331 g/mol. The fourth-order valence-electron chi connectivity index (χ4n) is 2.02. The Labute approximate surface area is 141 Å². The van der Waals surface area contributed by atoms with Gasteiger partial charge in [0.15, 0.2) is 0 Å². The van der Waals surface area contributed by atoms with Crippen LogP contribution in [-0.4, -0.2) is 19.7 Å².